The first kappa shape index (κ1) is 30.0. The number of anilines is 1. The van der Waals surface area contributed by atoms with E-state index in [0.717, 1.165) is 0 Å². The third-order valence-corrected chi connectivity index (χ3v) is 8.13. The molecule has 4 rings (SSSR count). The van der Waals surface area contributed by atoms with Gasteiger partial charge >= 0.3 is 0 Å². The molecule has 2 heterocycles. The lowest BCUT2D eigenvalue weighted by Crippen LogP contribution is -2.48. The minimum Gasteiger partial charge on any atom is -0.394 e. The summed E-state index contributed by atoms with van der Waals surface area (Å²) in [5, 5.41) is 28.3. The van der Waals surface area contributed by atoms with Crippen LogP contribution in [-0.4, -0.2) is 60.8 Å². The molecule has 2 aromatic rings. The average molecular weight is 587 g/mol. The zero-order valence-corrected chi connectivity index (χ0v) is 23.7. The molecule has 2 aromatic carbocycles. The van der Waals surface area contributed by atoms with Crippen molar-refractivity contribution in [2.75, 3.05) is 31.8 Å². The number of hydrogen-bond donors (Lipinski definition) is 5. The molecule has 2 aliphatic rings. The lowest BCUT2D eigenvalue weighted by Gasteiger charge is -2.42. The number of carbonyl (C=O) groups is 1. The highest BCUT2D eigenvalue weighted by Gasteiger charge is 2.60. The van der Waals surface area contributed by atoms with Crippen LogP contribution < -0.4 is 16.0 Å². The number of aliphatic hydroxyl groups is 2. The predicted molar refractivity (Wildman–Crippen MR) is 147 cm³/mol. The molecule has 2 aliphatic heterocycles. The first-order valence-electron chi connectivity index (χ1n) is 13.0. The molecule has 0 radical (unpaired) electrons. The second-order valence-corrected chi connectivity index (χ2v) is 12.4. The summed E-state index contributed by atoms with van der Waals surface area (Å²) < 4.78 is 35.5. The highest BCUT2D eigenvalue weighted by atomic mass is 35.5. The van der Waals surface area contributed by atoms with Crippen LogP contribution in [0.1, 0.15) is 50.7 Å². The standard InChI is InChI=1S/C28H35Cl2F2N3O4/c1-27(2,3)11-23-28(13-39-14-34-22-10-19(30)21(32)9-17(22)28)24(15-4-5-20(31)18(29)8-15)25(35-23)26(38)33-7-6-16(37)12-36/h4-5,8-10,16,23-25,34-37H,6-7,11-14H2,1-3H3,(H,33,38). The topological polar surface area (TPSA) is 103 Å². The zero-order valence-electron chi connectivity index (χ0n) is 22.2. The van der Waals surface area contributed by atoms with E-state index in [1.807, 2.05) is 0 Å². The number of benzene rings is 2. The van der Waals surface area contributed by atoms with E-state index in [9.17, 15) is 14.3 Å². The largest absolute Gasteiger partial charge is 0.394 e. The summed E-state index contributed by atoms with van der Waals surface area (Å²) in [5.41, 5.74) is 0.598. The minimum atomic E-state index is -0.981. The summed E-state index contributed by atoms with van der Waals surface area (Å²) >= 11 is 12.4. The Labute approximate surface area is 237 Å². The van der Waals surface area contributed by atoms with Gasteiger partial charge in [0.2, 0.25) is 5.91 Å². The zero-order chi connectivity index (χ0) is 28.5. The van der Waals surface area contributed by atoms with Crippen molar-refractivity contribution in [3.05, 3.63) is 63.1 Å². The maximum atomic E-state index is 15.1. The van der Waals surface area contributed by atoms with E-state index in [-0.39, 0.29) is 53.7 Å². The van der Waals surface area contributed by atoms with Crippen molar-refractivity contribution in [3.63, 3.8) is 0 Å². The Hall–Kier alpha value is -2.01. The molecule has 0 aromatic heterocycles. The van der Waals surface area contributed by atoms with Crippen molar-refractivity contribution < 1.29 is 28.5 Å². The van der Waals surface area contributed by atoms with Crippen LogP contribution in [0, 0.1) is 17.0 Å². The number of nitrogens with one attached hydrogen (secondary N) is 3. The van der Waals surface area contributed by atoms with Gasteiger partial charge in [0.25, 0.3) is 0 Å². The molecular formula is C28H35Cl2F2N3O4. The van der Waals surface area contributed by atoms with Crippen LogP contribution in [0.2, 0.25) is 10.0 Å². The second kappa shape index (κ2) is 11.8. The maximum Gasteiger partial charge on any atom is 0.237 e. The Bertz CT molecular complexity index is 1210. The van der Waals surface area contributed by atoms with Gasteiger partial charge in [0, 0.05) is 29.6 Å². The van der Waals surface area contributed by atoms with Crippen molar-refractivity contribution in [3.8, 4) is 0 Å². The van der Waals surface area contributed by atoms with Crippen LogP contribution in [0.4, 0.5) is 14.5 Å². The number of halogens is 4. The molecule has 214 valence electrons. The molecule has 1 spiro atoms. The fraction of sp³-hybridized carbons (Fsp3) is 0.536. The van der Waals surface area contributed by atoms with Gasteiger partial charge in [0.1, 0.15) is 18.4 Å². The molecule has 5 N–H and O–H groups in total. The third-order valence-electron chi connectivity index (χ3n) is 7.55. The number of rotatable bonds is 7. The molecule has 39 heavy (non-hydrogen) atoms. The number of carbonyl (C=O) groups excluding carboxylic acids is 1. The molecule has 1 fully saturated rings. The van der Waals surface area contributed by atoms with E-state index in [1.54, 1.807) is 6.07 Å². The van der Waals surface area contributed by atoms with Crippen LogP contribution >= 0.6 is 23.2 Å². The molecule has 0 saturated carbocycles. The minimum absolute atomic E-state index is 0.0465. The van der Waals surface area contributed by atoms with Gasteiger partial charge in [-0.25, -0.2) is 8.78 Å². The molecule has 0 bridgehead atoms. The fourth-order valence-corrected chi connectivity index (χ4v) is 6.22. The summed E-state index contributed by atoms with van der Waals surface area (Å²) in [5.74, 6) is -2.20. The summed E-state index contributed by atoms with van der Waals surface area (Å²) in [6, 6.07) is 6.07. The molecule has 1 amide bonds. The lowest BCUT2D eigenvalue weighted by molar-refractivity contribution is -0.123. The Morgan fingerprint density at radius 3 is 2.59 bits per heavy atom. The lowest BCUT2D eigenvalue weighted by atomic mass is 9.62. The Morgan fingerprint density at radius 2 is 1.92 bits per heavy atom. The van der Waals surface area contributed by atoms with Gasteiger partial charge in [-0.15, -0.1) is 0 Å². The fourth-order valence-electron chi connectivity index (χ4n) is 5.87. The van der Waals surface area contributed by atoms with Gasteiger partial charge in [0.15, 0.2) is 0 Å². The first-order chi connectivity index (χ1) is 18.4. The van der Waals surface area contributed by atoms with Crippen LogP contribution in [0.15, 0.2) is 30.3 Å². The van der Waals surface area contributed by atoms with Crippen molar-refractivity contribution in [1.82, 2.24) is 10.6 Å². The smallest absolute Gasteiger partial charge is 0.237 e. The van der Waals surface area contributed by atoms with Crippen LogP contribution in [0.3, 0.4) is 0 Å². The quantitative estimate of drug-likeness (QED) is 0.331. The van der Waals surface area contributed by atoms with E-state index in [1.165, 1.54) is 24.3 Å². The predicted octanol–water partition coefficient (Wildman–Crippen LogP) is 4.33. The summed E-state index contributed by atoms with van der Waals surface area (Å²) in [7, 11) is 0. The van der Waals surface area contributed by atoms with Gasteiger partial charge in [-0.3, -0.25) is 4.79 Å². The molecule has 11 heteroatoms. The summed E-state index contributed by atoms with van der Waals surface area (Å²) in [6.07, 6.45) is -0.203. The van der Waals surface area contributed by atoms with Gasteiger partial charge in [-0.2, -0.15) is 0 Å². The molecule has 7 nitrogen and oxygen atoms in total. The van der Waals surface area contributed by atoms with E-state index in [2.05, 4.69) is 36.7 Å². The van der Waals surface area contributed by atoms with Crippen LogP contribution in [0.25, 0.3) is 0 Å². The highest BCUT2D eigenvalue weighted by molar-refractivity contribution is 6.31. The Morgan fingerprint density at radius 1 is 1.21 bits per heavy atom. The summed E-state index contributed by atoms with van der Waals surface area (Å²) in [6.45, 7) is 6.23. The van der Waals surface area contributed by atoms with Gasteiger partial charge in [-0.1, -0.05) is 50.0 Å². The highest BCUT2D eigenvalue weighted by Crippen LogP contribution is 2.54. The number of amides is 1. The van der Waals surface area contributed by atoms with E-state index in [0.29, 0.717) is 23.2 Å². The monoisotopic (exact) mass is 585 g/mol. The second-order valence-electron chi connectivity index (χ2n) is 11.6. The molecule has 1 saturated heterocycles. The number of hydrogen-bond acceptors (Lipinski definition) is 6. The summed E-state index contributed by atoms with van der Waals surface area (Å²) in [4.78, 5) is 13.7. The van der Waals surface area contributed by atoms with E-state index >= 15 is 4.39 Å². The molecular weight excluding hydrogens is 551 g/mol. The number of fused-ring (bicyclic) bond motifs is 2. The van der Waals surface area contributed by atoms with Crippen LogP contribution in [-0.2, 0) is 14.9 Å². The molecule has 0 aliphatic carbocycles. The van der Waals surface area contributed by atoms with E-state index in [4.69, 9.17) is 33.0 Å². The Kier molecular flexibility index (Phi) is 9.10. The van der Waals surface area contributed by atoms with Crippen LogP contribution in [0.5, 0.6) is 0 Å². The van der Waals surface area contributed by atoms with Crippen molar-refractivity contribution in [1.29, 1.82) is 0 Å². The normalized spacial score (nSPS) is 25.6. The van der Waals surface area contributed by atoms with E-state index < -0.39 is 41.7 Å². The molecule has 5 atom stereocenters. The Balaban J connectivity index is 1.91. The average Bonchev–Trinajstić information content (AvgIpc) is 3.06. The van der Waals surface area contributed by atoms with Gasteiger partial charge in [-0.05, 0) is 53.6 Å². The van der Waals surface area contributed by atoms with Crippen molar-refractivity contribution in [2.45, 2.75) is 63.1 Å². The number of aliphatic hydroxyl groups excluding tert-OH is 2. The SMILES string of the molecule is CC(C)(C)CC1NC(C(=O)NCCC(O)CO)C(c2ccc(F)c(Cl)c2)C12COCNc1cc(Cl)c(F)cc12. The third kappa shape index (κ3) is 6.19. The van der Waals surface area contributed by atoms with Gasteiger partial charge in [0.05, 0.1) is 35.4 Å². The first-order valence-corrected chi connectivity index (χ1v) is 13.7. The molecule has 5 unspecified atom stereocenters. The van der Waals surface area contributed by atoms with Crippen molar-refractivity contribution in [2.24, 2.45) is 5.41 Å². The number of ether oxygens (including phenoxy) is 1. The van der Waals surface area contributed by atoms with Crippen molar-refractivity contribution >= 4 is 34.8 Å². The van der Waals surface area contributed by atoms with Gasteiger partial charge < -0.3 is 30.9 Å². The maximum absolute atomic E-state index is 15.1.